The van der Waals surface area contributed by atoms with Crippen molar-refractivity contribution in [2.24, 2.45) is 11.7 Å². The number of ether oxygens (including phenoxy) is 1. The van der Waals surface area contributed by atoms with Crippen molar-refractivity contribution >= 4 is 23.5 Å². The number of nitrogens with zero attached hydrogens (tertiary/aromatic N) is 5. The van der Waals surface area contributed by atoms with Crippen LogP contribution in [0.15, 0.2) is 18.2 Å². The van der Waals surface area contributed by atoms with Gasteiger partial charge in [0.25, 0.3) is 0 Å². The van der Waals surface area contributed by atoms with Crippen molar-refractivity contribution in [3.05, 3.63) is 24.0 Å². The third-order valence-corrected chi connectivity index (χ3v) is 7.07. The van der Waals surface area contributed by atoms with Gasteiger partial charge in [0, 0.05) is 36.9 Å². The normalized spacial score (nSPS) is 23.1. The molecule has 1 unspecified atom stereocenters. The molecular formula is C24H37FN8O. The molecule has 4 rings (SSSR count). The van der Waals surface area contributed by atoms with Crippen LogP contribution in [0.25, 0.3) is 0 Å². The lowest BCUT2D eigenvalue weighted by Gasteiger charge is -2.31. The summed E-state index contributed by atoms with van der Waals surface area (Å²) in [5, 5.41) is 3.35. The number of nitrogens with one attached hydrogen (secondary N) is 1. The number of hydrogen-bond donors (Lipinski definition) is 3. The monoisotopic (exact) mass is 472 g/mol. The first-order valence-electron chi connectivity index (χ1n) is 12.3. The second kappa shape index (κ2) is 11.1. The summed E-state index contributed by atoms with van der Waals surface area (Å²) in [4.78, 5) is 17.8. The van der Waals surface area contributed by atoms with Crippen LogP contribution in [0.5, 0.6) is 5.75 Å². The van der Waals surface area contributed by atoms with E-state index in [1.807, 2.05) is 11.0 Å². The summed E-state index contributed by atoms with van der Waals surface area (Å²) in [6.45, 7) is 5.58. The van der Waals surface area contributed by atoms with Gasteiger partial charge in [-0.3, -0.25) is 4.90 Å². The number of aromatic nitrogens is 3. The number of nitrogens with two attached hydrogens (primary N) is 2. The smallest absolute Gasteiger partial charge is 0.236 e. The maximum atomic E-state index is 14.6. The van der Waals surface area contributed by atoms with Crippen LogP contribution in [0.3, 0.4) is 0 Å². The number of benzene rings is 1. The molecule has 1 atom stereocenters. The molecule has 1 aromatic carbocycles. The lowest BCUT2D eigenvalue weighted by Crippen LogP contribution is -2.39. The van der Waals surface area contributed by atoms with Gasteiger partial charge in [0.15, 0.2) is 11.6 Å². The number of methoxy groups -OCH3 is 1. The fourth-order valence-corrected chi connectivity index (χ4v) is 5.06. The Labute approximate surface area is 201 Å². The molecule has 2 fully saturated rings. The number of nitrogen functional groups attached to an aromatic ring is 1. The van der Waals surface area contributed by atoms with Crippen molar-refractivity contribution in [2.45, 2.75) is 57.5 Å². The van der Waals surface area contributed by atoms with Crippen molar-refractivity contribution in [3.63, 3.8) is 0 Å². The van der Waals surface area contributed by atoms with Crippen LogP contribution in [0.2, 0.25) is 0 Å². The summed E-state index contributed by atoms with van der Waals surface area (Å²) < 4.78 is 19.7. The van der Waals surface area contributed by atoms with E-state index < -0.39 is 5.82 Å². The van der Waals surface area contributed by atoms with Crippen molar-refractivity contribution < 1.29 is 9.13 Å². The Hall–Kier alpha value is -2.72. The quantitative estimate of drug-likeness (QED) is 0.506. The fourth-order valence-electron chi connectivity index (χ4n) is 5.06. The molecule has 9 nitrogen and oxygen atoms in total. The zero-order chi connectivity index (χ0) is 24.1. The Morgan fingerprint density at radius 3 is 2.68 bits per heavy atom. The molecule has 0 spiro atoms. The van der Waals surface area contributed by atoms with Gasteiger partial charge in [-0.2, -0.15) is 15.0 Å². The Bertz CT molecular complexity index is 953. The van der Waals surface area contributed by atoms with E-state index in [0.29, 0.717) is 42.1 Å². The van der Waals surface area contributed by atoms with Crippen molar-refractivity contribution in [2.75, 3.05) is 49.2 Å². The minimum atomic E-state index is -0.431. The lowest BCUT2D eigenvalue weighted by atomic mass is 9.86. The first kappa shape index (κ1) is 24.4. The first-order valence-corrected chi connectivity index (χ1v) is 12.3. The third kappa shape index (κ3) is 5.85. The molecule has 186 valence electrons. The van der Waals surface area contributed by atoms with Crippen molar-refractivity contribution in [3.8, 4) is 5.75 Å². The van der Waals surface area contributed by atoms with E-state index in [4.69, 9.17) is 21.2 Å². The largest absolute Gasteiger partial charge is 0.494 e. The molecule has 0 bridgehead atoms. The summed E-state index contributed by atoms with van der Waals surface area (Å²) in [7, 11) is 1.46. The SMILES string of the molecule is CCN1CCCC1CN(c1ccc(OC)c(F)c1)c1nc(N)nc(NCC2CCC(N)CC2)n1. The van der Waals surface area contributed by atoms with Crippen LogP contribution in [0.1, 0.15) is 45.4 Å². The maximum Gasteiger partial charge on any atom is 0.236 e. The molecule has 2 aromatic rings. The van der Waals surface area contributed by atoms with Gasteiger partial charge in [-0.05, 0) is 69.7 Å². The molecule has 2 aliphatic rings. The fraction of sp³-hybridized carbons (Fsp3) is 0.625. The number of halogens is 1. The van der Waals surface area contributed by atoms with E-state index >= 15 is 0 Å². The number of likely N-dealkylation sites (N-methyl/N-ethyl adjacent to an activating group) is 1. The molecular weight excluding hydrogens is 435 g/mol. The highest BCUT2D eigenvalue weighted by atomic mass is 19.1. The molecule has 1 aliphatic carbocycles. The number of anilines is 4. The van der Waals surface area contributed by atoms with Gasteiger partial charge in [-0.25, -0.2) is 4.39 Å². The summed E-state index contributed by atoms with van der Waals surface area (Å²) >= 11 is 0. The van der Waals surface area contributed by atoms with E-state index in [0.717, 1.165) is 58.2 Å². The van der Waals surface area contributed by atoms with Gasteiger partial charge in [0.05, 0.1) is 7.11 Å². The van der Waals surface area contributed by atoms with Gasteiger partial charge >= 0.3 is 0 Å². The van der Waals surface area contributed by atoms with Crippen LogP contribution in [-0.4, -0.2) is 65.2 Å². The average Bonchev–Trinajstić information content (AvgIpc) is 3.29. The zero-order valence-corrected chi connectivity index (χ0v) is 20.2. The van der Waals surface area contributed by atoms with Gasteiger partial charge in [-0.15, -0.1) is 0 Å². The summed E-state index contributed by atoms with van der Waals surface area (Å²) in [6.07, 6.45) is 6.48. The molecule has 1 saturated heterocycles. The van der Waals surface area contributed by atoms with E-state index in [1.54, 1.807) is 6.07 Å². The van der Waals surface area contributed by atoms with Gasteiger partial charge in [-0.1, -0.05) is 6.92 Å². The number of hydrogen-bond acceptors (Lipinski definition) is 9. The van der Waals surface area contributed by atoms with Crippen molar-refractivity contribution in [1.29, 1.82) is 0 Å². The minimum Gasteiger partial charge on any atom is -0.494 e. The Morgan fingerprint density at radius 2 is 1.97 bits per heavy atom. The zero-order valence-electron chi connectivity index (χ0n) is 20.2. The standard InChI is InChI=1S/C24H37FN8O/c1-3-32-12-4-5-19(32)15-33(18-10-11-21(34-2)20(25)13-18)24-30-22(27)29-23(31-24)28-14-16-6-8-17(26)9-7-16/h10-11,13,16-17,19H,3-9,12,14-15,26H2,1-2H3,(H3,27,28,29,30,31). The molecule has 1 saturated carbocycles. The Balaban J connectivity index is 1.59. The molecule has 1 aromatic heterocycles. The number of likely N-dealkylation sites (tertiary alicyclic amines) is 1. The van der Waals surface area contributed by atoms with Gasteiger partial charge < -0.3 is 26.4 Å². The summed E-state index contributed by atoms with van der Waals surface area (Å²) in [5.41, 5.74) is 12.8. The molecule has 1 aliphatic heterocycles. The first-order chi connectivity index (χ1) is 16.5. The summed E-state index contributed by atoms with van der Waals surface area (Å²) in [6, 6.07) is 5.54. The molecule has 10 heteroatoms. The highest BCUT2D eigenvalue weighted by Gasteiger charge is 2.28. The maximum absolute atomic E-state index is 14.6. The van der Waals surface area contributed by atoms with Gasteiger partial charge in [0.1, 0.15) is 0 Å². The molecule has 34 heavy (non-hydrogen) atoms. The predicted molar refractivity (Wildman–Crippen MR) is 133 cm³/mol. The van der Waals surface area contributed by atoms with Crippen molar-refractivity contribution in [1.82, 2.24) is 19.9 Å². The Morgan fingerprint density at radius 1 is 1.18 bits per heavy atom. The van der Waals surface area contributed by atoms with Crippen LogP contribution in [0, 0.1) is 11.7 Å². The van der Waals surface area contributed by atoms with E-state index in [9.17, 15) is 4.39 Å². The second-order valence-electron chi connectivity index (χ2n) is 9.33. The van der Waals surface area contributed by atoms with E-state index in [-0.39, 0.29) is 11.7 Å². The van der Waals surface area contributed by atoms with Crippen LogP contribution < -0.4 is 26.4 Å². The highest BCUT2D eigenvalue weighted by molar-refractivity contribution is 5.60. The second-order valence-corrected chi connectivity index (χ2v) is 9.33. The molecule has 0 amide bonds. The molecule has 2 heterocycles. The summed E-state index contributed by atoms with van der Waals surface area (Å²) in [5.74, 6) is 1.29. The van der Waals surface area contributed by atoms with Crippen LogP contribution in [-0.2, 0) is 0 Å². The molecule has 0 radical (unpaired) electrons. The van der Waals surface area contributed by atoms with E-state index in [1.165, 1.54) is 13.2 Å². The van der Waals surface area contributed by atoms with Crippen LogP contribution in [0.4, 0.5) is 27.9 Å². The highest BCUT2D eigenvalue weighted by Crippen LogP contribution is 2.31. The molecule has 5 N–H and O–H groups in total. The minimum absolute atomic E-state index is 0.135. The topological polar surface area (TPSA) is 118 Å². The Kier molecular flexibility index (Phi) is 7.99. The third-order valence-electron chi connectivity index (χ3n) is 7.07. The van der Waals surface area contributed by atoms with Crippen LogP contribution >= 0.6 is 0 Å². The number of rotatable bonds is 9. The lowest BCUT2D eigenvalue weighted by molar-refractivity contribution is 0.271. The van der Waals surface area contributed by atoms with Gasteiger partial charge in [0.2, 0.25) is 17.8 Å². The van der Waals surface area contributed by atoms with E-state index in [2.05, 4.69) is 27.1 Å². The predicted octanol–water partition coefficient (Wildman–Crippen LogP) is 3.15. The average molecular weight is 473 g/mol.